The van der Waals surface area contributed by atoms with Crippen LogP contribution in [-0.2, 0) is 16.1 Å². The van der Waals surface area contributed by atoms with E-state index in [0.717, 1.165) is 5.56 Å². The number of methoxy groups -OCH3 is 1. The molecule has 3 unspecified atom stereocenters. The van der Waals surface area contributed by atoms with Crippen LogP contribution < -0.4 is 10.6 Å². The number of ether oxygens (including phenoxy) is 1. The molecule has 2 N–H and O–H groups in total. The Hall–Kier alpha value is -2.41. The van der Waals surface area contributed by atoms with Crippen LogP contribution in [0.25, 0.3) is 0 Å². The lowest BCUT2D eigenvalue weighted by molar-refractivity contribution is -0.443. The molecule has 7 heteroatoms. The van der Waals surface area contributed by atoms with Crippen molar-refractivity contribution < 1.29 is 14.5 Å². The minimum absolute atomic E-state index is 0.000388. The van der Waals surface area contributed by atoms with Crippen LogP contribution in [0.3, 0.4) is 0 Å². The monoisotopic (exact) mass is 331 g/mol. The van der Waals surface area contributed by atoms with E-state index in [4.69, 9.17) is 4.74 Å². The van der Waals surface area contributed by atoms with E-state index in [2.05, 4.69) is 10.6 Å². The second-order valence-corrected chi connectivity index (χ2v) is 6.44. The molecule has 0 saturated heterocycles. The molecule has 2 aliphatic rings. The number of carbonyl (C=O) groups excluding carboxylic acids is 1. The van der Waals surface area contributed by atoms with E-state index in [9.17, 15) is 14.9 Å². The number of nitro groups is 1. The lowest BCUT2D eigenvalue weighted by atomic mass is 9.69. The summed E-state index contributed by atoms with van der Waals surface area (Å²) in [4.78, 5) is 23.3. The predicted octanol–water partition coefficient (Wildman–Crippen LogP) is 1.58. The SMILES string of the molecule is COC1(C)C2CC(=O)CC1C([N+](=O)[O-])=C(NCc1ccccc1)N2. The van der Waals surface area contributed by atoms with E-state index in [1.807, 2.05) is 37.3 Å². The second kappa shape index (κ2) is 6.24. The predicted molar refractivity (Wildman–Crippen MR) is 87.4 cm³/mol. The van der Waals surface area contributed by atoms with Crippen molar-refractivity contribution in [2.75, 3.05) is 7.11 Å². The number of fused-ring (bicyclic) bond motifs is 2. The molecule has 1 fully saturated rings. The maximum atomic E-state index is 12.0. The molecule has 1 heterocycles. The summed E-state index contributed by atoms with van der Waals surface area (Å²) in [5, 5.41) is 18.0. The van der Waals surface area contributed by atoms with E-state index < -0.39 is 16.4 Å². The highest BCUT2D eigenvalue weighted by Crippen LogP contribution is 2.43. The van der Waals surface area contributed by atoms with E-state index in [0.29, 0.717) is 18.8 Å². The third kappa shape index (κ3) is 2.75. The number of nitrogens with zero attached hydrogens (tertiary/aromatic N) is 1. The van der Waals surface area contributed by atoms with Crippen molar-refractivity contribution in [1.29, 1.82) is 0 Å². The van der Waals surface area contributed by atoms with Gasteiger partial charge in [0.05, 0.1) is 22.5 Å². The van der Waals surface area contributed by atoms with Crippen LogP contribution in [0.5, 0.6) is 0 Å². The van der Waals surface area contributed by atoms with E-state index in [1.165, 1.54) is 7.11 Å². The number of hydrogen-bond acceptors (Lipinski definition) is 6. The molecule has 0 amide bonds. The fourth-order valence-corrected chi connectivity index (χ4v) is 3.60. The average molecular weight is 331 g/mol. The molecule has 128 valence electrons. The van der Waals surface area contributed by atoms with Gasteiger partial charge in [0.1, 0.15) is 5.78 Å². The average Bonchev–Trinajstić information content (AvgIpc) is 2.55. The Morgan fingerprint density at radius 1 is 1.38 bits per heavy atom. The van der Waals surface area contributed by atoms with Gasteiger partial charge in [-0.05, 0) is 12.5 Å². The van der Waals surface area contributed by atoms with Crippen molar-refractivity contribution in [3.05, 3.63) is 57.5 Å². The molecular weight excluding hydrogens is 310 g/mol. The topological polar surface area (TPSA) is 93.5 Å². The normalized spacial score (nSPS) is 29.2. The van der Waals surface area contributed by atoms with Crippen LogP contribution >= 0.6 is 0 Å². The van der Waals surface area contributed by atoms with Crippen LogP contribution in [0.1, 0.15) is 25.3 Å². The molecule has 1 aromatic rings. The van der Waals surface area contributed by atoms with Gasteiger partial charge < -0.3 is 15.4 Å². The van der Waals surface area contributed by atoms with Gasteiger partial charge in [0.25, 0.3) is 5.70 Å². The third-order valence-electron chi connectivity index (χ3n) is 5.10. The van der Waals surface area contributed by atoms with Crippen molar-refractivity contribution in [3.8, 4) is 0 Å². The molecule has 3 atom stereocenters. The summed E-state index contributed by atoms with van der Waals surface area (Å²) >= 11 is 0. The highest BCUT2D eigenvalue weighted by atomic mass is 16.6. The highest BCUT2D eigenvalue weighted by molar-refractivity contribution is 5.81. The first-order valence-electron chi connectivity index (χ1n) is 7.95. The van der Waals surface area contributed by atoms with Crippen molar-refractivity contribution in [2.24, 2.45) is 5.92 Å². The lowest BCUT2D eigenvalue weighted by Gasteiger charge is -2.48. The van der Waals surface area contributed by atoms with Gasteiger partial charge in [-0.15, -0.1) is 0 Å². The molecular formula is C17H21N3O4. The molecule has 3 rings (SSSR count). The van der Waals surface area contributed by atoms with Crippen LogP contribution in [0.4, 0.5) is 0 Å². The number of rotatable bonds is 5. The zero-order valence-corrected chi connectivity index (χ0v) is 13.7. The molecule has 0 radical (unpaired) electrons. The Kier molecular flexibility index (Phi) is 4.28. The van der Waals surface area contributed by atoms with Gasteiger partial charge in [-0.1, -0.05) is 30.3 Å². The molecule has 7 nitrogen and oxygen atoms in total. The first-order chi connectivity index (χ1) is 11.5. The standard InChI is InChI=1S/C17H21N3O4/c1-17(24-2)13-8-12(21)9-14(17)19-16(15(13)20(22)23)18-10-11-6-4-3-5-7-11/h3-7,13-14,18-19H,8-10H2,1-2H3. The van der Waals surface area contributed by atoms with Gasteiger partial charge in [0.15, 0.2) is 5.82 Å². The van der Waals surface area contributed by atoms with Gasteiger partial charge in [-0.2, -0.15) is 0 Å². The van der Waals surface area contributed by atoms with Crippen molar-refractivity contribution >= 4 is 5.78 Å². The Bertz CT molecular complexity index is 688. The van der Waals surface area contributed by atoms with Gasteiger partial charge in [0.2, 0.25) is 0 Å². The zero-order valence-electron chi connectivity index (χ0n) is 13.7. The molecule has 1 saturated carbocycles. The molecule has 0 spiro atoms. The fourth-order valence-electron chi connectivity index (χ4n) is 3.60. The van der Waals surface area contributed by atoms with Crippen LogP contribution in [-0.4, -0.2) is 29.5 Å². The number of Topliss-reactive ketones (excluding diaryl/α,β-unsaturated/α-hetero) is 1. The molecule has 2 bridgehead atoms. The minimum Gasteiger partial charge on any atom is -0.375 e. The number of ketones is 1. The number of carbonyl (C=O) groups is 1. The summed E-state index contributed by atoms with van der Waals surface area (Å²) in [6.07, 6.45) is 0.442. The number of hydrogen-bond donors (Lipinski definition) is 2. The molecule has 0 aromatic heterocycles. The fraction of sp³-hybridized carbons (Fsp3) is 0.471. The Balaban J connectivity index is 1.93. The third-order valence-corrected chi connectivity index (χ3v) is 5.10. The summed E-state index contributed by atoms with van der Waals surface area (Å²) < 4.78 is 5.60. The first kappa shape index (κ1) is 16.4. The quantitative estimate of drug-likeness (QED) is 0.628. The maximum absolute atomic E-state index is 12.0. The number of nitrogens with one attached hydrogen (secondary N) is 2. The molecule has 1 aliphatic carbocycles. The lowest BCUT2D eigenvalue weighted by Crippen LogP contribution is -2.64. The summed E-state index contributed by atoms with van der Waals surface area (Å²) in [6.45, 7) is 2.30. The molecule has 1 aliphatic heterocycles. The summed E-state index contributed by atoms with van der Waals surface area (Å²) in [5.41, 5.74) is 0.254. The van der Waals surface area contributed by atoms with Crippen molar-refractivity contribution in [1.82, 2.24) is 10.6 Å². The summed E-state index contributed by atoms with van der Waals surface area (Å²) in [7, 11) is 1.54. The first-order valence-corrected chi connectivity index (χ1v) is 7.95. The smallest absolute Gasteiger partial charge is 0.292 e. The van der Waals surface area contributed by atoms with Gasteiger partial charge >= 0.3 is 0 Å². The number of benzene rings is 1. The van der Waals surface area contributed by atoms with E-state index >= 15 is 0 Å². The summed E-state index contributed by atoms with van der Waals surface area (Å²) in [6, 6.07) is 9.38. The van der Waals surface area contributed by atoms with Crippen molar-refractivity contribution in [2.45, 2.75) is 38.0 Å². The molecule has 24 heavy (non-hydrogen) atoms. The van der Waals surface area contributed by atoms with Crippen LogP contribution in [0.15, 0.2) is 41.8 Å². The van der Waals surface area contributed by atoms with Crippen molar-refractivity contribution in [3.63, 3.8) is 0 Å². The second-order valence-electron chi connectivity index (χ2n) is 6.44. The maximum Gasteiger partial charge on any atom is 0.292 e. The van der Waals surface area contributed by atoms with Gasteiger partial charge in [-0.25, -0.2) is 0 Å². The van der Waals surface area contributed by atoms with E-state index in [-0.39, 0.29) is 23.9 Å². The Morgan fingerprint density at radius 3 is 2.71 bits per heavy atom. The van der Waals surface area contributed by atoms with Gasteiger partial charge in [-0.3, -0.25) is 14.9 Å². The Labute approximate surface area is 140 Å². The molecule has 1 aromatic carbocycles. The zero-order chi connectivity index (χ0) is 17.3. The largest absolute Gasteiger partial charge is 0.375 e. The Morgan fingerprint density at radius 2 is 2.08 bits per heavy atom. The highest BCUT2D eigenvalue weighted by Gasteiger charge is 2.57. The van der Waals surface area contributed by atoms with E-state index in [1.54, 1.807) is 0 Å². The van der Waals surface area contributed by atoms with Gasteiger partial charge in [0, 0.05) is 26.5 Å². The summed E-state index contributed by atoms with van der Waals surface area (Å²) in [5.74, 6) is -0.155. The minimum atomic E-state index is -0.770. The van der Waals surface area contributed by atoms with Crippen LogP contribution in [0, 0.1) is 16.0 Å². The van der Waals surface area contributed by atoms with Crippen LogP contribution in [0.2, 0.25) is 0 Å².